The van der Waals surface area contributed by atoms with Crippen LogP contribution >= 0.6 is 11.3 Å². The van der Waals surface area contributed by atoms with E-state index in [0.29, 0.717) is 6.42 Å². The van der Waals surface area contributed by atoms with Crippen molar-refractivity contribution in [2.24, 2.45) is 5.92 Å². The molecule has 1 aliphatic heterocycles. The van der Waals surface area contributed by atoms with E-state index in [4.69, 9.17) is 0 Å². The van der Waals surface area contributed by atoms with Crippen molar-refractivity contribution in [1.29, 1.82) is 0 Å². The van der Waals surface area contributed by atoms with Gasteiger partial charge in [-0.1, -0.05) is 6.92 Å². The Bertz CT molecular complexity index is 358. The Hall–Kier alpha value is -1.16. The number of hydrogen-bond acceptors (Lipinski definition) is 3. The lowest BCUT2D eigenvalue weighted by molar-refractivity contribution is -0.136. The first-order valence-corrected chi connectivity index (χ1v) is 5.48. The van der Waals surface area contributed by atoms with E-state index >= 15 is 0 Å². The Kier molecular flexibility index (Phi) is 2.37. The lowest BCUT2D eigenvalue weighted by atomic mass is 9.83. The molecule has 2 unspecified atom stereocenters. The van der Waals surface area contributed by atoms with Gasteiger partial charge in [-0.05, 0) is 22.4 Å². The molecule has 1 N–H and O–H groups in total. The highest BCUT2D eigenvalue weighted by Gasteiger charge is 2.33. The summed E-state index contributed by atoms with van der Waals surface area (Å²) in [6.07, 6.45) is 0.420. The number of piperidine rings is 1. The van der Waals surface area contributed by atoms with Crippen LogP contribution in [-0.4, -0.2) is 11.8 Å². The molecule has 2 rings (SSSR count). The van der Waals surface area contributed by atoms with Crippen molar-refractivity contribution in [2.45, 2.75) is 19.3 Å². The van der Waals surface area contributed by atoms with Gasteiger partial charge in [0.2, 0.25) is 11.8 Å². The average molecular weight is 209 g/mol. The number of imide groups is 1. The molecular formula is C10H11NO2S. The van der Waals surface area contributed by atoms with Gasteiger partial charge in [0.25, 0.3) is 0 Å². The second-order valence-corrected chi connectivity index (χ2v) is 4.35. The minimum Gasteiger partial charge on any atom is -0.296 e. The van der Waals surface area contributed by atoms with Crippen molar-refractivity contribution in [2.75, 3.05) is 0 Å². The summed E-state index contributed by atoms with van der Waals surface area (Å²) in [4.78, 5) is 22.6. The van der Waals surface area contributed by atoms with E-state index in [2.05, 4.69) is 5.32 Å². The van der Waals surface area contributed by atoms with Gasteiger partial charge in [0.15, 0.2) is 0 Å². The molecule has 14 heavy (non-hydrogen) atoms. The molecule has 2 heterocycles. The fourth-order valence-electron chi connectivity index (χ4n) is 1.75. The molecule has 0 bridgehead atoms. The third kappa shape index (κ3) is 1.57. The number of amides is 2. The summed E-state index contributed by atoms with van der Waals surface area (Å²) in [5.41, 5.74) is 1.10. The van der Waals surface area contributed by atoms with Gasteiger partial charge in [0.05, 0.1) is 0 Å². The van der Waals surface area contributed by atoms with E-state index in [1.165, 1.54) is 0 Å². The predicted molar refractivity (Wildman–Crippen MR) is 54.0 cm³/mol. The van der Waals surface area contributed by atoms with Gasteiger partial charge in [-0.25, -0.2) is 0 Å². The van der Waals surface area contributed by atoms with E-state index in [-0.39, 0.29) is 23.7 Å². The zero-order valence-electron chi connectivity index (χ0n) is 7.82. The number of carbonyl (C=O) groups is 2. The van der Waals surface area contributed by atoms with Crippen LogP contribution in [0.2, 0.25) is 0 Å². The van der Waals surface area contributed by atoms with Crippen molar-refractivity contribution < 1.29 is 9.59 Å². The minimum absolute atomic E-state index is 0.0579. The van der Waals surface area contributed by atoms with E-state index < -0.39 is 0 Å². The second kappa shape index (κ2) is 3.53. The Balaban J connectivity index is 2.26. The molecule has 1 aromatic rings. The van der Waals surface area contributed by atoms with Crippen LogP contribution < -0.4 is 5.32 Å². The lowest BCUT2D eigenvalue weighted by Gasteiger charge is -2.26. The summed E-state index contributed by atoms with van der Waals surface area (Å²) >= 11 is 1.59. The smallest absolute Gasteiger partial charge is 0.230 e. The molecule has 0 radical (unpaired) electrons. The molecule has 1 aromatic heterocycles. The van der Waals surface area contributed by atoms with Crippen LogP contribution in [0.1, 0.15) is 24.8 Å². The molecule has 1 fully saturated rings. The highest BCUT2D eigenvalue weighted by Crippen LogP contribution is 2.32. The van der Waals surface area contributed by atoms with Crippen molar-refractivity contribution in [3.8, 4) is 0 Å². The zero-order valence-corrected chi connectivity index (χ0v) is 8.64. The first-order valence-electron chi connectivity index (χ1n) is 4.54. The van der Waals surface area contributed by atoms with Gasteiger partial charge in [-0.15, -0.1) is 0 Å². The SMILES string of the molecule is CC1C(=O)NC(=O)CC1c1ccsc1. The summed E-state index contributed by atoms with van der Waals surface area (Å²) in [5.74, 6) is -0.369. The van der Waals surface area contributed by atoms with Gasteiger partial charge in [0, 0.05) is 18.3 Å². The van der Waals surface area contributed by atoms with Crippen LogP contribution in [0.5, 0.6) is 0 Å². The quantitative estimate of drug-likeness (QED) is 0.713. The van der Waals surface area contributed by atoms with Crippen LogP contribution in [-0.2, 0) is 9.59 Å². The summed E-state index contributed by atoms with van der Waals surface area (Å²) in [6.45, 7) is 1.87. The van der Waals surface area contributed by atoms with E-state index in [0.717, 1.165) is 5.56 Å². The van der Waals surface area contributed by atoms with Gasteiger partial charge in [-0.3, -0.25) is 14.9 Å². The van der Waals surface area contributed by atoms with Gasteiger partial charge in [-0.2, -0.15) is 11.3 Å². The van der Waals surface area contributed by atoms with Crippen molar-refractivity contribution >= 4 is 23.2 Å². The number of nitrogens with one attached hydrogen (secondary N) is 1. The molecular weight excluding hydrogens is 198 g/mol. The van der Waals surface area contributed by atoms with Crippen molar-refractivity contribution in [1.82, 2.24) is 5.32 Å². The van der Waals surface area contributed by atoms with Crippen LogP contribution in [0.25, 0.3) is 0 Å². The lowest BCUT2D eigenvalue weighted by Crippen LogP contribution is -2.43. The van der Waals surface area contributed by atoms with Crippen LogP contribution in [0.4, 0.5) is 0 Å². The van der Waals surface area contributed by atoms with Crippen LogP contribution in [0, 0.1) is 5.92 Å². The molecule has 3 nitrogen and oxygen atoms in total. The monoisotopic (exact) mass is 209 g/mol. The molecule has 0 aromatic carbocycles. The normalized spacial score (nSPS) is 27.5. The predicted octanol–water partition coefficient (Wildman–Crippen LogP) is 1.51. The molecule has 2 amide bonds. The summed E-state index contributed by atoms with van der Waals surface area (Å²) in [5, 5.41) is 6.32. The summed E-state index contributed by atoms with van der Waals surface area (Å²) in [6, 6.07) is 1.98. The molecule has 0 aliphatic carbocycles. The maximum Gasteiger partial charge on any atom is 0.230 e. The third-order valence-electron chi connectivity index (χ3n) is 2.66. The number of thiophene rings is 1. The van der Waals surface area contributed by atoms with Crippen molar-refractivity contribution in [3.63, 3.8) is 0 Å². The highest BCUT2D eigenvalue weighted by molar-refractivity contribution is 7.08. The second-order valence-electron chi connectivity index (χ2n) is 3.57. The highest BCUT2D eigenvalue weighted by atomic mass is 32.1. The molecule has 0 saturated carbocycles. The third-order valence-corrected chi connectivity index (χ3v) is 3.36. The fraction of sp³-hybridized carbons (Fsp3) is 0.400. The fourth-order valence-corrected chi connectivity index (χ4v) is 2.48. The maximum atomic E-state index is 11.4. The first kappa shape index (κ1) is 9.40. The first-order chi connectivity index (χ1) is 6.68. The largest absolute Gasteiger partial charge is 0.296 e. The van der Waals surface area contributed by atoms with Crippen LogP contribution in [0.3, 0.4) is 0 Å². The Labute approximate surface area is 86.1 Å². The number of hydrogen-bond donors (Lipinski definition) is 1. The molecule has 0 spiro atoms. The summed E-state index contributed by atoms with van der Waals surface area (Å²) < 4.78 is 0. The average Bonchev–Trinajstić information content (AvgIpc) is 2.63. The molecule has 2 atom stereocenters. The summed E-state index contributed by atoms with van der Waals surface area (Å²) in [7, 11) is 0. The van der Waals surface area contributed by atoms with Gasteiger partial charge in [0.1, 0.15) is 0 Å². The standard InChI is InChI=1S/C10H11NO2S/c1-6-8(7-2-3-14-5-7)4-9(12)11-10(6)13/h2-3,5-6,8H,4H2,1H3,(H,11,12,13). The zero-order chi connectivity index (χ0) is 10.1. The minimum atomic E-state index is -0.163. The molecule has 1 saturated heterocycles. The van der Waals surface area contributed by atoms with Gasteiger partial charge >= 0.3 is 0 Å². The number of carbonyl (C=O) groups excluding carboxylic acids is 2. The Morgan fingerprint density at radius 3 is 2.93 bits per heavy atom. The van der Waals surface area contributed by atoms with E-state index in [1.54, 1.807) is 11.3 Å². The van der Waals surface area contributed by atoms with E-state index in [1.807, 2.05) is 23.8 Å². The Morgan fingerprint density at radius 2 is 2.29 bits per heavy atom. The number of rotatable bonds is 1. The topological polar surface area (TPSA) is 46.2 Å². The van der Waals surface area contributed by atoms with Crippen molar-refractivity contribution in [3.05, 3.63) is 22.4 Å². The van der Waals surface area contributed by atoms with Crippen LogP contribution in [0.15, 0.2) is 16.8 Å². The Morgan fingerprint density at radius 1 is 1.50 bits per heavy atom. The molecule has 4 heteroatoms. The molecule has 74 valence electrons. The van der Waals surface area contributed by atoms with E-state index in [9.17, 15) is 9.59 Å². The van der Waals surface area contributed by atoms with Gasteiger partial charge < -0.3 is 0 Å². The molecule has 1 aliphatic rings. The maximum absolute atomic E-state index is 11.4.